The molecule has 0 atom stereocenters. The van der Waals surface area contributed by atoms with Crippen LogP contribution >= 0.6 is 0 Å². The molecule has 3 heteroatoms. The molecule has 1 aromatic rings. The lowest BCUT2D eigenvalue weighted by atomic mass is 10.4. The van der Waals surface area contributed by atoms with Crippen LogP contribution in [0.4, 0.5) is 0 Å². The fourth-order valence-corrected chi connectivity index (χ4v) is 0.340. The number of rotatable bonds is 1. The summed E-state index contributed by atoms with van der Waals surface area (Å²) >= 11 is 0. The van der Waals surface area contributed by atoms with Crippen molar-refractivity contribution < 1.29 is 0 Å². The molecule has 0 bridgehead atoms. The van der Waals surface area contributed by atoms with Gasteiger partial charge in [0, 0.05) is 18.0 Å². The molecule has 1 aromatic heterocycles. The standard InChI is InChI=1S/C4H5N3/c5-1-4-2-6-7-3-4/h1-3,5H,(H,6,7). The number of nitrogens with zero attached hydrogens (tertiary/aromatic N) is 1. The molecular formula is C4H5N3. The summed E-state index contributed by atoms with van der Waals surface area (Å²) in [7, 11) is 0. The molecule has 1 rings (SSSR count). The maximum absolute atomic E-state index is 6.68. The number of hydrogen-bond acceptors (Lipinski definition) is 2. The van der Waals surface area contributed by atoms with Gasteiger partial charge in [-0.05, 0) is 0 Å². The normalized spacial score (nSPS) is 8.57. The van der Waals surface area contributed by atoms with E-state index in [0.717, 1.165) is 5.56 Å². The minimum Gasteiger partial charge on any atom is -0.308 e. The Kier molecular flexibility index (Phi) is 0.898. The summed E-state index contributed by atoms with van der Waals surface area (Å²) in [6.45, 7) is 0. The van der Waals surface area contributed by atoms with Gasteiger partial charge in [-0.25, -0.2) is 0 Å². The number of nitrogens with one attached hydrogen (secondary N) is 2. The summed E-state index contributed by atoms with van der Waals surface area (Å²) in [5.74, 6) is 0. The fourth-order valence-electron chi connectivity index (χ4n) is 0.340. The predicted octanol–water partition coefficient (Wildman–Crippen LogP) is 0.407. The van der Waals surface area contributed by atoms with Gasteiger partial charge in [0.25, 0.3) is 0 Å². The first-order chi connectivity index (χ1) is 3.43. The van der Waals surface area contributed by atoms with Crippen molar-refractivity contribution in [2.75, 3.05) is 0 Å². The fraction of sp³-hybridized carbons (Fsp3) is 0. The molecule has 0 unspecified atom stereocenters. The molecule has 7 heavy (non-hydrogen) atoms. The van der Waals surface area contributed by atoms with Crippen molar-refractivity contribution in [3.8, 4) is 0 Å². The summed E-state index contributed by atoms with van der Waals surface area (Å²) in [5.41, 5.74) is 0.806. The Hall–Kier alpha value is -1.12. The zero-order chi connectivity index (χ0) is 5.11. The maximum Gasteiger partial charge on any atom is 0.0575 e. The summed E-state index contributed by atoms with van der Waals surface area (Å²) in [4.78, 5) is 0. The highest BCUT2D eigenvalue weighted by molar-refractivity contribution is 5.75. The van der Waals surface area contributed by atoms with Gasteiger partial charge in [-0.3, -0.25) is 5.10 Å². The van der Waals surface area contributed by atoms with Gasteiger partial charge >= 0.3 is 0 Å². The van der Waals surface area contributed by atoms with Crippen LogP contribution in [-0.2, 0) is 0 Å². The molecule has 0 saturated carbocycles. The maximum atomic E-state index is 6.68. The van der Waals surface area contributed by atoms with Crippen molar-refractivity contribution in [1.82, 2.24) is 10.2 Å². The molecule has 0 amide bonds. The van der Waals surface area contributed by atoms with Gasteiger partial charge in [-0.1, -0.05) is 0 Å². The van der Waals surface area contributed by atoms with Crippen molar-refractivity contribution in [3.05, 3.63) is 18.0 Å². The van der Waals surface area contributed by atoms with Crippen molar-refractivity contribution >= 4 is 6.21 Å². The zero-order valence-electron chi connectivity index (χ0n) is 3.68. The van der Waals surface area contributed by atoms with Crippen LogP contribution in [0.2, 0.25) is 0 Å². The van der Waals surface area contributed by atoms with Crippen molar-refractivity contribution in [2.45, 2.75) is 0 Å². The number of aromatic amines is 1. The Bertz CT molecular complexity index is 142. The summed E-state index contributed by atoms with van der Waals surface area (Å²) in [5, 5.41) is 12.9. The number of aromatic nitrogens is 2. The Balaban J connectivity index is 2.96. The summed E-state index contributed by atoms with van der Waals surface area (Å²) in [6.07, 6.45) is 4.49. The van der Waals surface area contributed by atoms with Crippen LogP contribution < -0.4 is 0 Å². The summed E-state index contributed by atoms with van der Waals surface area (Å²) in [6, 6.07) is 0. The lowest BCUT2D eigenvalue weighted by Gasteiger charge is -1.67. The highest BCUT2D eigenvalue weighted by Crippen LogP contribution is 1.83. The monoisotopic (exact) mass is 95.0 g/mol. The SMILES string of the molecule is N=Cc1cn[nH]c1. The van der Waals surface area contributed by atoms with E-state index in [9.17, 15) is 0 Å². The van der Waals surface area contributed by atoms with Gasteiger partial charge in [0.05, 0.1) is 6.20 Å². The molecule has 0 aliphatic rings. The van der Waals surface area contributed by atoms with Gasteiger partial charge in [0.1, 0.15) is 0 Å². The molecule has 3 nitrogen and oxygen atoms in total. The molecule has 0 radical (unpaired) electrons. The third-order valence-electron chi connectivity index (χ3n) is 0.686. The van der Waals surface area contributed by atoms with Gasteiger partial charge in [0.15, 0.2) is 0 Å². The van der Waals surface area contributed by atoms with E-state index in [1.807, 2.05) is 0 Å². The molecule has 0 saturated heterocycles. The lowest BCUT2D eigenvalue weighted by molar-refractivity contribution is 1.09. The van der Waals surface area contributed by atoms with Crippen molar-refractivity contribution in [1.29, 1.82) is 5.41 Å². The second kappa shape index (κ2) is 1.55. The second-order valence-electron chi connectivity index (χ2n) is 1.18. The molecule has 0 fully saturated rings. The molecule has 0 spiro atoms. The molecule has 0 aliphatic heterocycles. The van der Waals surface area contributed by atoms with E-state index >= 15 is 0 Å². The van der Waals surface area contributed by atoms with E-state index in [1.54, 1.807) is 12.4 Å². The average molecular weight is 95.1 g/mol. The third-order valence-corrected chi connectivity index (χ3v) is 0.686. The molecule has 36 valence electrons. The largest absolute Gasteiger partial charge is 0.308 e. The highest BCUT2D eigenvalue weighted by Gasteiger charge is 1.80. The van der Waals surface area contributed by atoms with E-state index in [-0.39, 0.29) is 0 Å². The van der Waals surface area contributed by atoms with Crippen molar-refractivity contribution in [2.24, 2.45) is 0 Å². The highest BCUT2D eigenvalue weighted by atomic mass is 15.1. The smallest absolute Gasteiger partial charge is 0.0575 e. The molecule has 1 heterocycles. The second-order valence-corrected chi connectivity index (χ2v) is 1.18. The first kappa shape index (κ1) is 4.05. The van der Waals surface area contributed by atoms with Crippen LogP contribution in [0.25, 0.3) is 0 Å². The zero-order valence-corrected chi connectivity index (χ0v) is 3.68. The van der Waals surface area contributed by atoms with E-state index in [2.05, 4.69) is 10.2 Å². The van der Waals surface area contributed by atoms with Gasteiger partial charge in [-0.15, -0.1) is 0 Å². The van der Waals surface area contributed by atoms with Crippen LogP contribution in [0.1, 0.15) is 5.56 Å². The van der Waals surface area contributed by atoms with Crippen LogP contribution in [-0.4, -0.2) is 16.4 Å². The number of H-pyrrole nitrogens is 1. The molecular weight excluding hydrogens is 90.1 g/mol. The predicted molar refractivity (Wildman–Crippen MR) is 26.5 cm³/mol. The van der Waals surface area contributed by atoms with E-state index < -0.39 is 0 Å². The number of hydrogen-bond donors (Lipinski definition) is 2. The Morgan fingerprint density at radius 1 is 1.86 bits per heavy atom. The molecule has 2 N–H and O–H groups in total. The van der Waals surface area contributed by atoms with E-state index in [1.165, 1.54) is 6.21 Å². The van der Waals surface area contributed by atoms with Gasteiger partial charge in [-0.2, -0.15) is 5.10 Å². The minimum absolute atomic E-state index is 0.806. The van der Waals surface area contributed by atoms with E-state index in [0.29, 0.717) is 0 Å². The van der Waals surface area contributed by atoms with Crippen LogP contribution in [0.5, 0.6) is 0 Å². The van der Waals surface area contributed by atoms with Gasteiger partial charge < -0.3 is 5.41 Å². The average Bonchev–Trinajstić information content (AvgIpc) is 2.14. The molecule has 0 aromatic carbocycles. The van der Waals surface area contributed by atoms with Crippen molar-refractivity contribution in [3.63, 3.8) is 0 Å². The summed E-state index contributed by atoms with van der Waals surface area (Å²) < 4.78 is 0. The van der Waals surface area contributed by atoms with Crippen LogP contribution in [0.15, 0.2) is 12.4 Å². The first-order valence-electron chi connectivity index (χ1n) is 1.93. The van der Waals surface area contributed by atoms with Crippen LogP contribution in [0.3, 0.4) is 0 Å². The van der Waals surface area contributed by atoms with E-state index in [4.69, 9.17) is 5.41 Å². The topological polar surface area (TPSA) is 52.5 Å². The Morgan fingerprint density at radius 3 is 3.00 bits per heavy atom. The Labute approximate surface area is 40.9 Å². The minimum atomic E-state index is 0.806. The Morgan fingerprint density at radius 2 is 2.71 bits per heavy atom. The third kappa shape index (κ3) is 0.652. The van der Waals surface area contributed by atoms with Gasteiger partial charge in [0.2, 0.25) is 0 Å². The first-order valence-corrected chi connectivity index (χ1v) is 1.93. The lowest BCUT2D eigenvalue weighted by Crippen LogP contribution is -1.66. The molecule has 0 aliphatic carbocycles. The quantitative estimate of drug-likeness (QED) is 0.487. The van der Waals surface area contributed by atoms with Crippen LogP contribution in [0, 0.1) is 5.41 Å².